The number of aromatic amines is 1. The first kappa shape index (κ1) is 16.4. The van der Waals surface area contributed by atoms with Gasteiger partial charge in [0, 0.05) is 25.2 Å². The molecule has 1 atom stereocenters. The van der Waals surface area contributed by atoms with E-state index in [0.717, 1.165) is 32.5 Å². The van der Waals surface area contributed by atoms with Crippen molar-refractivity contribution in [2.75, 3.05) is 26.3 Å². The van der Waals surface area contributed by atoms with Crippen molar-refractivity contribution in [3.05, 3.63) is 11.9 Å². The number of H-pyrrole nitrogens is 1. The number of piperidine rings is 1. The molecule has 23 heavy (non-hydrogen) atoms. The molecule has 2 N–H and O–H groups in total. The van der Waals surface area contributed by atoms with Crippen LogP contribution < -0.4 is 0 Å². The summed E-state index contributed by atoms with van der Waals surface area (Å²) in [6.07, 6.45) is 4.73. The largest absolute Gasteiger partial charge is 0.382 e. The Morgan fingerprint density at radius 3 is 2.87 bits per heavy atom. The molecule has 0 spiro atoms. The van der Waals surface area contributed by atoms with Gasteiger partial charge in [-0.15, -0.1) is 0 Å². The van der Waals surface area contributed by atoms with Crippen LogP contribution in [0, 0.1) is 11.3 Å². The topological polar surface area (TPSA) is 91.3 Å². The van der Waals surface area contributed by atoms with Gasteiger partial charge in [-0.2, -0.15) is 15.4 Å². The fourth-order valence-electron chi connectivity index (χ4n) is 3.85. The number of nitrogens with zero attached hydrogens (tertiary/aromatic N) is 3. The molecule has 3 rings (SSSR count). The summed E-state index contributed by atoms with van der Waals surface area (Å²) < 4.78 is 5.42. The summed E-state index contributed by atoms with van der Waals surface area (Å²) in [5.74, 6) is 0.442. The predicted molar refractivity (Wildman–Crippen MR) is 83.4 cm³/mol. The fraction of sp³-hybridized carbons (Fsp3) is 0.812. The van der Waals surface area contributed by atoms with Gasteiger partial charge in [0.05, 0.1) is 12.7 Å². The van der Waals surface area contributed by atoms with E-state index in [0.29, 0.717) is 24.6 Å². The molecule has 3 heterocycles. The molecule has 7 heteroatoms. The van der Waals surface area contributed by atoms with E-state index >= 15 is 0 Å². The number of β-amino-alcohol motifs (C(OH)–C–C–N with tert-alkyl or cyclic N) is 1. The minimum Gasteiger partial charge on any atom is -0.382 e. The maximum Gasteiger partial charge on any atom is 0.228 e. The van der Waals surface area contributed by atoms with E-state index in [9.17, 15) is 9.90 Å². The molecule has 0 saturated carbocycles. The van der Waals surface area contributed by atoms with Gasteiger partial charge in [-0.05, 0) is 31.6 Å². The average Bonchev–Trinajstić information content (AvgIpc) is 3.10. The number of aliphatic hydroxyl groups is 1. The van der Waals surface area contributed by atoms with Crippen LogP contribution in [0.2, 0.25) is 0 Å². The van der Waals surface area contributed by atoms with Crippen LogP contribution in [0.15, 0.2) is 6.20 Å². The molecule has 1 amide bonds. The first-order chi connectivity index (χ1) is 10.9. The molecule has 128 valence electrons. The zero-order valence-corrected chi connectivity index (χ0v) is 13.9. The van der Waals surface area contributed by atoms with Gasteiger partial charge < -0.3 is 14.7 Å². The minimum absolute atomic E-state index is 0.117. The lowest BCUT2D eigenvalue weighted by Gasteiger charge is -2.44. The SMILES string of the molecule is CC(C)(C(=O)N1CCC[C@@](O)(c2cn[nH]n2)C1)C1CCOCC1. The van der Waals surface area contributed by atoms with E-state index in [1.807, 2.05) is 13.8 Å². The number of hydrogen-bond acceptors (Lipinski definition) is 5. The zero-order valence-electron chi connectivity index (χ0n) is 13.9. The average molecular weight is 322 g/mol. The van der Waals surface area contributed by atoms with E-state index in [-0.39, 0.29) is 12.5 Å². The standard InChI is InChI=1S/C16H26N4O3/c1-15(2,12-4-8-23-9-5-12)14(21)20-7-3-6-16(22,11-20)13-10-17-19-18-13/h10,12,22H,3-9,11H2,1-2H3,(H,17,18,19)/t16-/m0/s1. The van der Waals surface area contributed by atoms with Gasteiger partial charge in [0.2, 0.25) is 5.91 Å². The fourth-order valence-corrected chi connectivity index (χ4v) is 3.85. The van der Waals surface area contributed by atoms with Crippen molar-refractivity contribution in [3.63, 3.8) is 0 Å². The third kappa shape index (κ3) is 3.12. The monoisotopic (exact) mass is 322 g/mol. The van der Waals surface area contributed by atoms with E-state index in [1.165, 1.54) is 6.20 Å². The Balaban J connectivity index is 1.74. The molecular formula is C16H26N4O3. The summed E-state index contributed by atoms with van der Waals surface area (Å²) in [6, 6.07) is 0. The second-order valence-electron chi connectivity index (χ2n) is 7.33. The highest BCUT2D eigenvalue weighted by molar-refractivity contribution is 5.82. The van der Waals surface area contributed by atoms with Crippen LogP contribution in [-0.4, -0.2) is 57.6 Å². The molecule has 7 nitrogen and oxygen atoms in total. The number of rotatable bonds is 3. The van der Waals surface area contributed by atoms with Crippen LogP contribution in [0.5, 0.6) is 0 Å². The molecule has 0 aromatic carbocycles. The van der Waals surface area contributed by atoms with Gasteiger partial charge >= 0.3 is 0 Å². The second kappa shape index (κ2) is 6.20. The smallest absolute Gasteiger partial charge is 0.228 e. The number of nitrogens with one attached hydrogen (secondary N) is 1. The quantitative estimate of drug-likeness (QED) is 0.868. The van der Waals surface area contributed by atoms with Gasteiger partial charge in [-0.3, -0.25) is 4.79 Å². The van der Waals surface area contributed by atoms with Crippen molar-refractivity contribution in [1.82, 2.24) is 20.3 Å². The predicted octanol–water partition coefficient (Wildman–Crippen LogP) is 1.07. The lowest BCUT2D eigenvalue weighted by molar-refractivity contribution is -0.153. The van der Waals surface area contributed by atoms with Crippen molar-refractivity contribution in [3.8, 4) is 0 Å². The molecule has 0 bridgehead atoms. The molecule has 2 aliphatic heterocycles. The molecule has 2 aliphatic rings. The maximum absolute atomic E-state index is 13.1. The van der Waals surface area contributed by atoms with Crippen molar-refractivity contribution >= 4 is 5.91 Å². The number of aromatic nitrogens is 3. The van der Waals surface area contributed by atoms with Gasteiger partial charge in [0.1, 0.15) is 11.3 Å². The van der Waals surface area contributed by atoms with Gasteiger partial charge in [-0.1, -0.05) is 13.8 Å². The summed E-state index contributed by atoms with van der Waals surface area (Å²) in [5, 5.41) is 21.2. The van der Waals surface area contributed by atoms with Crippen LogP contribution >= 0.6 is 0 Å². The van der Waals surface area contributed by atoms with Crippen LogP contribution in [0.1, 0.15) is 45.2 Å². The van der Waals surface area contributed by atoms with Crippen LogP contribution in [0.4, 0.5) is 0 Å². The molecular weight excluding hydrogens is 296 g/mol. The lowest BCUT2D eigenvalue weighted by Crippen LogP contribution is -2.54. The molecule has 2 fully saturated rings. The van der Waals surface area contributed by atoms with Crippen molar-refractivity contribution in [2.45, 2.75) is 45.1 Å². The van der Waals surface area contributed by atoms with E-state index in [2.05, 4.69) is 15.4 Å². The number of hydrogen-bond donors (Lipinski definition) is 2. The summed E-state index contributed by atoms with van der Waals surface area (Å²) >= 11 is 0. The maximum atomic E-state index is 13.1. The molecule has 2 saturated heterocycles. The van der Waals surface area contributed by atoms with E-state index in [1.54, 1.807) is 4.90 Å². The van der Waals surface area contributed by atoms with E-state index < -0.39 is 11.0 Å². The summed E-state index contributed by atoms with van der Waals surface area (Å²) in [6.45, 7) is 6.47. The van der Waals surface area contributed by atoms with Crippen LogP contribution in [0.25, 0.3) is 0 Å². The first-order valence-corrected chi connectivity index (χ1v) is 8.39. The Bertz CT molecular complexity index is 540. The lowest BCUT2D eigenvalue weighted by atomic mass is 9.73. The molecule has 1 aromatic heterocycles. The van der Waals surface area contributed by atoms with Crippen molar-refractivity contribution in [1.29, 1.82) is 0 Å². The molecule has 0 radical (unpaired) electrons. The number of likely N-dealkylation sites (tertiary alicyclic amines) is 1. The molecule has 0 aliphatic carbocycles. The number of ether oxygens (including phenoxy) is 1. The Labute approximate surface area is 136 Å². The number of carbonyl (C=O) groups excluding carboxylic acids is 1. The second-order valence-corrected chi connectivity index (χ2v) is 7.33. The van der Waals surface area contributed by atoms with Crippen LogP contribution in [-0.2, 0) is 15.1 Å². The Morgan fingerprint density at radius 1 is 1.48 bits per heavy atom. The van der Waals surface area contributed by atoms with Gasteiger partial charge in [-0.25, -0.2) is 0 Å². The summed E-state index contributed by atoms with van der Waals surface area (Å²) in [5.41, 5.74) is -1.03. The van der Waals surface area contributed by atoms with Crippen molar-refractivity contribution < 1.29 is 14.6 Å². The highest BCUT2D eigenvalue weighted by Crippen LogP contribution is 2.38. The van der Waals surface area contributed by atoms with Gasteiger partial charge in [0.25, 0.3) is 0 Å². The van der Waals surface area contributed by atoms with Gasteiger partial charge in [0.15, 0.2) is 0 Å². The zero-order chi connectivity index (χ0) is 16.5. The third-order valence-corrected chi connectivity index (χ3v) is 5.44. The Hall–Kier alpha value is -1.47. The summed E-state index contributed by atoms with van der Waals surface area (Å²) in [4.78, 5) is 14.9. The van der Waals surface area contributed by atoms with Crippen LogP contribution in [0.3, 0.4) is 0 Å². The number of amides is 1. The first-order valence-electron chi connectivity index (χ1n) is 8.39. The summed E-state index contributed by atoms with van der Waals surface area (Å²) in [7, 11) is 0. The molecule has 1 aromatic rings. The number of carbonyl (C=O) groups is 1. The normalized spacial score (nSPS) is 27.2. The van der Waals surface area contributed by atoms with Crippen molar-refractivity contribution in [2.24, 2.45) is 11.3 Å². The highest BCUT2D eigenvalue weighted by atomic mass is 16.5. The minimum atomic E-state index is -1.10. The Morgan fingerprint density at radius 2 is 2.22 bits per heavy atom. The molecule has 0 unspecified atom stereocenters. The Kier molecular flexibility index (Phi) is 4.42. The third-order valence-electron chi connectivity index (χ3n) is 5.44. The van der Waals surface area contributed by atoms with E-state index in [4.69, 9.17) is 4.74 Å². The highest BCUT2D eigenvalue weighted by Gasteiger charge is 2.45.